The van der Waals surface area contributed by atoms with Crippen molar-refractivity contribution >= 4 is 5.78 Å². The van der Waals surface area contributed by atoms with Gasteiger partial charge in [0.2, 0.25) is 0 Å². The summed E-state index contributed by atoms with van der Waals surface area (Å²) in [4.78, 5) is 12.1. The molecule has 2 heteroatoms. The fraction of sp³-hybridized carbons (Fsp3) is 0.471. The van der Waals surface area contributed by atoms with Crippen LogP contribution in [0.2, 0.25) is 0 Å². The molecule has 1 aliphatic carbocycles. The SMILES string of the molecule is CC1(C)C=CC(=O)C(C)(COCc2ccccc2)C1. The van der Waals surface area contributed by atoms with Crippen LogP contribution in [0.25, 0.3) is 0 Å². The van der Waals surface area contributed by atoms with Gasteiger partial charge in [0.25, 0.3) is 0 Å². The molecule has 1 aromatic carbocycles. The smallest absolute Gasteiger partial charge is 0.163 e. The number of hydrogen-bond donors (Lipinski definition) is 0. The lowest BCUT2D eigenvalue weighted by molar-refractivity contribution is -0.129. The molecule has 1 aromatic rings. The highest BCUT2D eigenvalue weighted by Gasteiger charge is 2.39. The van der Waals surface area contributed by atoms with Gasteiger partial charge in [0.05, 0.1) is 18.6 Å². The van der Waals surface area contributed by atoms with Crippen molar-refractivity contribution in [1.82, 2.24) is 0 Å². The lowest BCUT2D eigenvalue weighted by Gasteiger charge is -2.37. The first kappa shape index (κ1) is 14.0. The summed E-state index contributed by atoms with van der Waals surface area (Å²) >= 11 is 0. The van der Waals surface area contributed by atoms with Gasteiger partial charge in [-0.2, -0.15) is 0 Å². The molecule has 1 unspecified atom stereocenters. The molecule has 19 heavy (non-hydrogen) atoms. The maximum absolute atomic E-state index is 12.1. The summed E-state index contributed by atoms with van der Waals surface area (Å²) in [7, 11) is 0. The molecular weight excluding hydrogens is 236 g/mol. The zero-order valence-electron chi connectivity index (χ0n) is 12.0. The summed E-state index contributed by atoms with van der Waals surface area (Å²) in [6.45, 7) is 7.37. The number of ketones is 1. The number of benzene rings is 1. The minimum Gasteiger partial charge on any atom is -0.376 e. The van der Waals surface area contributed by atoms with Crippen molar-refractivity contribution in [2.75, 3.05) is 6.61 Å². The van der Waals surface area contributed by atoms with Crippen molar-refractivity contribution in [2.45, 2.75) is 33.8 Å². The predicted octanol–water partition coefficient (Wildman–Crippen LogP) is 3.76. The Balaban J connectivity index is 1.95. The maximum atomic E-state index is 12.1. The Morgan fingerprint density at radius 3 is 2.53 bits per heavy atom. The molecule has 2 rings (SSSR count). The van der Waals surface area contributed by atoms with Gasteiger partial charge in [-0.25, -0.2) is 0 Å². The Hall–Kier alpha value is -1.41. The normalized spacial score (nSPS) is 25.5. The van der Waals surface area contributed by atoms with Crippen molar-refractivity contribution in [3.05, 3.63) is 48.0 Å². The van der Waals surface area contributed by atoms with Crippen LogP contribution in [0.1, 0.15) is 32.8 Å². The van der Waals surface area contributed by atoms with Gasteiger partial charge in [0, 0.05) is 0 Å². The minimum absolute atomic E-state index is 0.0682. The van der Waals surface area contributed by atoms with E-state index in [0.717, 1.165) is 12.0 Å². The molecule has 0 saturated carbocycles. The monoisotopic (exact) mass is 258 g/mol. The fourth-order valence-electron chi connectivity index (χ4n) is 2.74. The quantitative estimate of drug-likeness (QED) is 0.822. The molecule has 0 spiro atoms. The van der Waals surface area contributed by atoms with E-state index >= 15 is 0 Å². The number of carbonyl (C=O) groups excluding carboxylic acids is 1. The van der Waals surface area contributed by atoms with E-state index in [1.807, 2.05) is 43.3 Å². The molecule has 0 aromatic heterocycles. The number of hydrogen-bond acceptors (Lipinski definition) is 2. The van der Waals surface area contributed by atoms with Gasteiger partial charge < -0.3 is 4.74 Å². The molecule has 2 nitrogen and oxygen atoms in total. The summed E-state index contributed by atoms with van der Waals surface area (Å²) in [6, 6.07) is 10.1. The first-order valence-corrected chi connectivity index (χ1v) is 6.77. The molecule has 1 atom stereocenters. The summed E-state index contributed by atoms with van der Waals surface area (Å²) in [5.74, 6) is 0.180. The molecule has 0 heterocycles. The first-order chi connectivity index (χ1) is 8.91. The van der Waals surface area contributed by atoms with Crippen LogP contribution in [0.3, 0.4) is 0 Å². The molecule has 0 N–H and O–H groups in total. The first-order valence-electron chi connectivity index (χ1n) is 6.77. The minimum atomic E-state index is -0.396. The van der Waals surface area contributed by atoms with Crippen LogP contribution in [0.15, 0.2) is 42.5 Å². The van der Waals surface area contributed by atoms with Gasteiger partial charge >= 0.3 is 0 Å². The molecule has 0 fully saturated rings. The molecule has 0 radical (unpaired) electrons. The topological polar surface area (TPSA) is 26.3 Å². The predicted molar refractivity (Wildman–Crippen MR) is 76.8 cm³/mol. The van der Waals surface area contributed by atoms with E-state index in [1.54, 1.807) is 6.08 Å². The Kier molecular flexibility index (Phi) is 3.91. The van der Waals surface area contributed by atoms with E-state index in [1.165, 1.54) is 0 Å². The molecular formula is C17H22O2. The fourth-order valence-corrected chi connectivity index (χ4v) is 2.74. The number of allylic oxidation sites excluding steroid dienone is 2. The Bertz CT molecular complexity index is 473. The van der Waals surface area contributed by atoms with Gasteiger partial charge in [-0.3, -0.25) is 4.79 Å². The lowest BCUT2D eigenvalue weighted by Crippen LogP contribution is -2.39. The third kappa shape index (κ3) is 3.54. The van der Waals surface area contributed by atoms with Crippen LogP contribution in [0, 0.1) is 10.8 Å². The molecule has 0 bridgehead atoms. The molecule has 1 aliphatic rings. The zero-order chi connectivity index (χ0) is 13.9. The maximum Gasteiger partial charge on any atom is 0.163 e. The van der Waals surface area contributed by atoms with E-state index in [0.29, 0.717) is 13.2 Å². The van der Waals surface area contributed by atoms with Crippen molar-refractivity contribution in [3.8, 4) is 0 Å². The third-order valence-electron chi connectivity index (χ3n) is 3.66. The molecule has 0 saturated heterocycles. The van der Waals surface area contributed by atoms with Crippen molar-refractivity contribution in [2.24, 2.45) is 10.8 Å². The van der Waals surface area contributed by atoms with Gasteiger partial charge in [-0.05, 0) is 23.5 Å². The molecule has 102 valence electrons. The lowest BCUT2D eigenvalue weighted by atomic mass is 9.68. The van der Waals surface area contributed by atoms with Crippen LogP contribution in [0.4, 0.5) is 0 Å². The average Bonchev–Trinajstić information content (AvgIpc) is 2.35. The average molecular weight is 258 g/mol. The second-order valence-corrected chi connectivity index (χ2v) is 6.40. The summed E-state index contributed by atoms with van der Waals surface area (Å²) < 4.78 is 5.77. The largest absolute Gasteiger partial charge is 0.376 e. The van der Waals surface area contributed by atoms with Crippen LogP contribution in [-0.2, 0) is 16.1 Å². The Morgan fingerprint density at radius 1 is 1.16 bits per heavy atom. The highest BCUT2D eigenvalue weighted by molar-refractivity contribution is 5.95. The van der Waals surface area contributed by atoms with E-state index in [4.69, 9.17) is 4.74 Å². The van der Waals surface area contributed by atoms with Crippen LogP contribution in [0.5, 0.6) is 0 Å². The van der Waals surface area contributed by atoms with E-state index in [9.17, 15) is 4.79 Å². The van der Waals surface area contributed by atoms with Gasteiger partial charge in [-0.15, -0.1) is 0 Å². The third-order valence-corrected chi connectivity index (χ3v) is 3.66. The highest BCUT2D eigenvalue weighted by Crippen LogP contribution is 2.40. The van der Waals surface area contributed by atoms with Crippen molar-refractivity contribution < 1.29 is 9.53 Å². The second kappa shape index (κ2) is 5.30. The zero-order valence-corrected chi connectivity index (χ0v) is 12.0. The van der Waals surface area contributed by atoms with E-state index in [2.05, 4.69) is 13.8 Å². The molecule has 0 aliphatic heterocycles. The summed E-state index contributed by atoms with van der Waals surface area (Å²) in [5.41, 5.74) is 0.815. The van der Waals surface area contributed by atoms with Gasteiger partial charge in [-0.1, -0.05) is 57.2 Å². The summed E-state index contributed by atoms with van der Waals surface area (Å²) in [5, 5.41) is 0. The summed E-state index contributed by atoms with van der Waals surface area (Å²) in [6.07, 6.45) is 4.56. The number of ether oxygens (including phenoxy) is 1. The number of carbonyl (C=O) groups is 1. The Labute approximate surface area is 115 Å². The van der Waals surface area contributed by atoms with Crippen LogP contribution in [-0.4, -0.2) is 12.4 Å². The van der Waals surface area contributed by atoms with Crippen LogP contribution < -0.4 is 0 Å². The van der Waals surface area contributed by atoms with Crippen LogP contribution >= 0.6 is 0 Å². The van der Waals surface area contributed by atoms with E-state index in [-0.39, 0.29) is 11.2 Å². The Morgan fingerprint density at radius 2 is 1.84 bits per heavy atom. The van der Waals surface area contributed by atoms with Gasteiger partial charge in [0.15, 0.2) is 5.78 Å². The van der Waals surface area contributed by atoms with Gasteiger partial charge in [0.1, 0.15) is 0 Å². The highest BCUT2D eigenvalue weighted by atomic mass is 16.5. The van der Waals surface area contributed by atoms with Crippen molar-refractivity contribution in [1.29, 1.82) is 0 Å². The van der Waals surface area contributed by atoms with Crippen molar-refractivity contribution in [3.63, 3.8) is 0 Å². The molecule has 0 amide bonds. The van der Waals surface area contributed by atoms with E-state index < -0.39 is 5.41 Å². The number of rotatable bonds is 4. The standard InChI is InChI=1S/C17H22O2/c1-16(2)10-9-15(18)17(3,12-16)13-19-11-14-7-5-4-6-8-14/h4-10H,11-13H2,1-3H3. The second-order valence-electron chi connectivity index (χ2n) is 6.40.